The molecule has 0 radical (unpaired) electrons. The minimum Gasteiger partial charge on any atom is -0.479 e. The SMILES string of the molecule is CO[C@@H]1C(C(=O)O)O[C@@H](O[C@H]2C(COS(=O)(=O)O)O[C@H](O)[C@@H](NS(=O)(=O)O)C2O)[C@@H](OS(=O)(=O)O)C1O. The van der Waals surface area contributed by atoms with Crippen molar-refractivity contribution < 1.29 is 91.4 Å². The zero-order chi connectivity index (χ0) is 28.5. The number of carboxylic acids is 1. The van der Waals surface area contributed by atoms with Crippen molar-refractivity contribution in [3.63, 3.8) is 0 Å². The summed E-state index contributed by atoms with van der Waals surface area (Å²) in [6.45, 7) is -1.27. The van der Waals surface area contributed by atoms with Crippen LogP contribution < -0.4 is 4.72 Å². The predicted molar refractivity (Wildman–Crippen MR) is 107 cm³/mol. The molecule has 218 valence electrons. The number of aliphatic hydroxyl groups excluding tert-OH is 3. The van der Waals surface area contributed by atoms with E-state index in [0.717, 1.165) is 7.11 Å². The third kappa shape index (κ3) is 8.92. The molecular weight excluding hydrogens is 586 g/mol. The zero-order valence-electron chi connectivity index (χ0n) is 18.1. The quantitative estimate of drug-likeness (QED) is 0.101. The highest BCUT2D eigenvalue weighted by molar-refractivity contribution is 7.83. The van der Waals surface area contributed by atoms with Crippen molar-refractivity contribution in [2.75, 3.05) is 13.7 Å². The molecule has 10 atom stereocenters. The first-order chi connectivity index (χ1) is 16.7. The maximum Gasteiger partial charge on any atom is 0.397 e. The molecule has 2 aliphatic heterocycles. The lowest BCUT2D eigenvalue weighted by atomic mass is 9.96. The fraction of sp³-hybridized carbons (Fsp3) is 0.923. The van der Waals surface area contributed by atoms with Gasteiger partial charge < -0.3 is 39.4 Å². The van der Waals surface area contributed by atoms with Gasteiger partial charge in [0.15, 0.2) is 24.8 Å². The smallest absolute Gasteiger partial charge is 0.397 e. The second kappa shape index (κ2) is 11.9. The lowest BCUT2D eigenvalue weighted by Crippen LogP contribution is -2.68. The van der Waals surface area contributed by atoms with Gasteiger partial charge in [-0.1, -0.05) is 0 Å². The van der Waals surface area contributed by atoms with E-state index in [1.807, 2.05) is 0 Å². The van der Waals surface area contributed by atoms with Crippen molar-refractivity contribution in [2.45, 2.75) is 61.3 Å². The van der Waals surface area contributed by atoms with Gasteiger partial charge in [0.05, 0.1) is 6.61 Å². The van der Waals surface area contributed by atoms with Crippen molar-refractivity contribution >= 4 is 37.1 Å². The molecule has 24 heteroatoms. The maximum absolute atomic E-state index is 11.6. The molecule has 0 spiro atoms. The Hall–Kier alpha value is -1.20. The lowest BCUT2D eigenvalue weighted by molar-refractivity contribution is -0.337. The Balaban J connectivity index is 2.49. The standard InChI is InChI=1S/C13H23NO20S3/c1-29-8-6(16)9(34-37(26,27)28)13(33-10(8)11(17)18)32-7-3(2-30-36(23,24)25)31-12(19)4(5(7)15)14-35(20,21)22/h3-10,12-16,19H,2H2,1H3,(H,17,18)(H,20,21,22)(H,23,24,25)(H,26,27,28)/t3?,4-,5?,6?,7-,8-,9-,10?,12-,13+/m0/s1. The summed E-state index contributed by atoms with van der Waals surface area (Å²) >= 11 is 0. The summed E-state index contributed by atoms with van der Waals surface area (Å²) in [5.74, 6) is -1.79. The summed E-state index contributed by atoms with van der Waals surface area (Å²) in [7, 11) is -14.9. The van der Waals surface area contributed by atoms with Gasteiger partial charge in [0.2, 0.25) is 0 Å². The first-order valence-electron chi connectivity index (χ1n) is 9.52. The van der Waals surface area contributed by atoms with E-state index in [2.05, 4.69) is 8.37 Å². The van der Waals surface area contributed by atoms with E-state index in [4.69, 9.17) is 32.6 Å². The van der Waals surface area contributed by atoms with Crippen LogP contribution in [0.2, 0.25) is 0 Å². The van der Waals surface area contributed by atoms with Crippen LogP contribution in [-0.2, 0) is 63.2 Å². The molecule has 8 N–H and O–H groups in total. The van der Waals surface area contributed by atoms with Crippen LogP contribution in [-0.4, -0.2) is 140 Å². The monoisotopic (exact) mass is 609 g/mol. The van der Waals surface area contributed by atoms with Crippen molar-refractivity contribution in [1.82, 2.24) is 4.72 Å². The molecule has 4 unspecified atom stereocenters. The van der Waals surface area contributed by atoms with Crippen LogP contribution in [0.3, 0.4) is 0 Å². The average molecular weight is 610 g/mol. The van der Waals surface area contributed by atoms with E-state index in [1.165, 1.54) is 4.72 Å². The fourth-order valence-electron chi connectivity index (χ4n) is 3.48. The molecule has 2 heterocycles. The molecule has 0 aromatic carbocycles. The van der Waals surface area contributed by atoms with Gasteiger partial charge in [-0.2, -0.15) is 30.0 Å². The third-order valence-electron chi connectivity index (χ3n) is 4.92. The molecule has 0 saturated carbocycles. The van der Waals surface area contributed by atoms with Crippen LogP contribution in [0, 0.1) is 0 Å². The topological polar surface area (TPSA) is 329 Å². The fourth-order valence-corrected chi connectivity index (χ4v) is 4.88. The summed E-state index contributed by atoms with van der Waals surface area (Å²) in [5, 5.41) is 40.5. The van der Waals surface area contributed by atoms with Gasteiger partial charge in [0.1, 0.15) is 36.6 Å². The van der Waals surface area contributed by atoms with E-state index in [0.29, 0.717) is 0 Å². The Morgan fingerprint density at radius 2 is 1.49 bits per heavy atom. The summed E-state index contributed by atoms with van der Waals surface area (Å²) < 4.78 is 124. The van der Waals surface area contributed by atoms with Gasteiger partial charge in [0.25, 0.3) is 0 Å². The number of rotatable bonds is 11. The first-order valence-corrected chi connectivity index (χ1v) is 13.7. The minimum absolute atomic E-state index is 0.896. The predicted octanol–water partition coefficient (Wildman–Crippen LogP) is -5.60. The molecule has 0 aromatic rings. The number of hydrogen-bond donors (Lipinski definition) is 8. The molecule has 0 bridgehead atoms. The van der Waals surface area contributed by atoms with Crippen molar-refractivity contribution in [3.8, 4) is 0 Å². The van der Waals surface area contributed by atoms with Gasteiger partial charge >= 0.3 is 37.1 Å². The molecule has 0 aliphatic carbocycles. The van der Waals surface area contributed by atoms with E-state index in [1.54, 1.807) is 0 Å². The maximum atomic E-state index is 11.6. The second-order valence-electron chi connectivity index (χ2n) is 7.43. The normalized spacial score (nSPS) is 37.8. The van der Waals surface area contributed by atoms with E-state index in [9.17, 15) is 50.5 Å². The highest BCUT2D eigenvalue weighted by atomic mass is 32.3. The number of aliphatic hydroxyl groups is 3. The van der Waals surface area contributed by atoms with Gasteiger partial charge in [-0.05, 0) is 0 Å². The molecular formula is C13H23NO20S3. The number of carboxylic acid groups (broad SMARTS) is 1. The molecule has 0 amide bonds. The van der Waals surface area contributed by atoms with E-state index < -0.39 is 105 Å². The molecule has 2 rings (SSSR count). The largest absolute Gasteiger partial charge is 0.479 e. The highest BCUT2D eigenvalue weighted by Crippen LogP contribution is 2.32. The Kier molecular flexibility index (Phi) is 10.3. The van der Waals surface area contributed by atoms with Gasteiger partial charge in [-0.15, -0.1) is 0 Å². The summed E-state index contributed by atoms with van der Waals surface area (Å²) in [6.07, 6.45) is -19.8. The van der Waals surface area contributed by atoms with Crippen LogP contribution in [0.5, 0.6) is 0 Å². The van der Waals surface area contributed by atoms with Crippen LogP contribution in [0.15, 0.2) is 0 Å². The number of ether oxygens (including phenoxy) is 4. The number of carbonyl (C=O) groups is 1. The Labute approximate surface area is 208 Å². The molecule has 2 saturated heterocycles. The average Bonchev–Trinajstić information content (AvgIpc) is 2.71. The Bertz CT molecular complexity index is 1120. The first kappa shape index (κ1) is 32.0. The molecule has 0 aromatic heterocycles. The van der Waals surface area contributed by atoms with E-state index >= 15 is 0 Å². The summed E-state index contributed by atoms with van der Waals surface area (Å²) in [6, 6.07) is -2.17. The summed E-state index contributed by atoms with van der Waals surface area (Å²) in [4.78, 5) is 11.6. The second-order valence-corrected chi connectivity index (χ2v) is 10.8. The van der Waals surface area contributed by atoms with Crippen molar-refractivity contribution in [1.29, 1.82) is 0 Å². The van der Waals surface area contributed by atoms with E-state index in [-0.39, 0.29) is 0 Å². The van der Waals surface area contributed by atoms with Crippen molar-refractivity contribution in [2.24, 2.45) is 0 Å². The number of aliphatic carboxylic acids is 1. The number of nitrogens with one attached hydrogen (secondary N) is 1. The van der Waals surface area contributed by atoms with Gasteiger partial charge in [-0.3, -0.25) is 13.7 Å². The van der Waals surface area contributed by atoms with Crippen LogP contribution in [0.25, 0.3) is 0 Å². The molecule has 21 nitrogen and oxygen atoms in total. The lowest BCUT2D eigenvalue weighted by Gasteiger charge is -2.46. The van der Waals surface area contributed by atoms with Crippen molar-refractivity contribution in [3.05, 3.63) is 0 Å². The van der Waals surface area contributed by atoms with Crippen LogP contribution >= 0.6 is 0 Å². The molecule has 2 aliphatic rings. The zero-order valence-corrected chi connectivity index (χ0v) is 20.6. The Morgan fingerprint density at radius 1 is 0.892 bits per heavy atom. The highest BCUT2D eigenvalue weighted by Gasteiger charge is 2.55. The third-order valence-corrected chi connectivity index (χ3v) is 6.39. The number of methoxy groups -OCH3 is 1. The van der Waals surface area contributed by atoms with Gasteiger partial charge in [0, 0.05) is 7.11 Å². The Morgan fingerprint density at radius 3 is 1.95 bits per heavy atom. The minimum atomic E-state index is -5.42. The van der Waals surface area contributed by atoms with Crippen LogP contribution in [0.4, 0.5) is 0 Å². The number of hydrogen-bond acceptors (Lipinski definition) is 16. The molecule has 2 fully saturated rings. The van der Waals surface area contributed by atoms with Gasteiger partial charge in [-0.25, -0.2) is 13.2 Å². The summed E-state index contributed by atoms with van der Waals surface area (Å²) in [5.41, 5.74) is 0. The van der Waals surface area contributed by atoms with Crippen LogP contribution in [0.1, 0.15) is 0 Å². The molecule has 37 heavy (non-hydrogen) atoms.